The Morgan fingerprint density at radius 1 is 1.33 bits per heavy atom. The molecular weight excluding hydrogens is 334 g/mol. The normalized spacial score (nSPS) is 11.0. The molecule has 1 N–H and O–H groups in total. The second kappa shape index (κ2) is 4.53. The van der Waals surface area contributed by atoms with Crippen LogP contribution in [0.25, 0.3) is 10.9 Å². The summed E-state index contributed by atoms with van der Waals surface area (Å²) in [4.78, 5) is 15.4. The molecule has 5 heteroatoms. The van der Waals surface area contributed by atoms with Crippen LogP contribution < -0.4 is 0 Å². The molecule has 0 bridgehead atoms. The number of fused-ring (bicyclic) bond motifs is 1. The summed E-state index contributed by atoms with van der Waals surface area (Å²) in [6.07, 6.45) is 1.73. The number of ketones is 1. The Kier molecular flexibility index (Phi) is 3.01. The Hall–Kier alpha value is -1.10. The lowest BCUT2D eigenvalue weighted by Gasteiger charge is -1.96. The minimum Gasteiger partial charge on any atom is -0.360 e. The number of rotatable bonds is 2. The van der Waals surface area contributed by atoms with Crippen molar-refractivity contribution in [3.8, 4) is 0 Å². The van der Waals surface area contributed by atoms with Gasteiger partial charge in [-0.25, -0.2) is 0 Å². The molecule has 0 fully saturated rings. The topological polar surface area (TPSA) is 32.9 Å². The highest BCUT2D eigenvalue weighted by Gasteiger charge is 2.15. The third-order valence-electron chi connectivity index (χ3n) is 2.72. The second-order valence-electron chi connectivity index (χ2n) is 3.86. The molecule has 0 atom stereocenters. The molecule has 3 rings (SSSR count). The van der Waals surface area contributed by atoms with Crippen LogP contribution in [0.15, 0.2) is 39.6 Å². The summed E-state index contributed by atoms with van der Waals surface area (Å²) in [6.45, 7) is 0. The predicted octanol–water partition coefficient (Wildman–Crippen LogP) is 4.88. The van der Waals surface area contributed by atoms with E-state index in [1.165, 1.54) is 11.3 Å². The molecule has 0 saturated carbocycles. The van der Waals surface area contributed by atoms with Gasteiger partial charge in [0.25, 0.3) is 0 Å². The van der Waals surface area contributed by atoms with Crippen LogP contribution in [-0.2, 0) is 0 Å². The summed E-state index contributed by atoms with van der Waals surface area (Å²) in [5.41, 5.74) is 2.25. The first-order chi connectivity index (χ1) is 8.65. The Morgan fingerprint density at radius 2 is 2.17 bits per heavy atom. The van der Waals surface area contributed by atoms with E-state index in [1.54, 1.807) is 12.3 Å². The number of hydrogen-bond acceptors (Lipinski definition) is 2. The van der Waals surface area contributed by atoms with E-state index in [1.807, 2.05) is 23.6 Å². The fourth-order valence-electron chi connectivity index (χ4n) is 1.87. The molecule has 0 spiro atoms. The molecule has 0 unspecified atom stereocenters. The number of nitrogens with one attached hydrogen (secondary N) is 1. The molecule has 0 aliphatic carbocycles. The molecule has 0 saturated heterocycles. The van der Waals surface area contributed by atoms with Crippen molar-refractivity contribution in [2.45, 2.75) is 0 Å². The van der Waals surface area contributed by atoms with Gasteiger partial charge in [0.15, 0.2) is 5.78 Å². The first kappa shape index (κ1) is 12.0. The molecule has 2 nitrogen and oxygen atoms in total. The largest absolute Gasteiger partial charge is 0.360 e. The summed E-state index contributed by atoms with van der Waals surface area (Å²) in [7, 11) is 0. The number of benzene rings is 1. The molecule has 1 aromatic carbocycles. The van der Waals surface area contributed by atoms with Crippen molar-refractivity contribution in [1.82, 2.24) is 4.98 Å². The number of halogens is 2. The summed E-state index contributed by atoms with van der Waals surface area (Å²) in [5.74, 6) is 0.0190. The molecule has 0 aliphatic heterocycles. The van der Waals surface area contributed by atoms with Gasteiger partial charge < -0.3 is 4.98 Å². The van der Waals surface area contributed by atoms with Crippen LogP contribution in [0, 0.1) is 0 Å². The van der Waals surface area contributed by atoms with E-state index in [0.29, 0.717) is 16.1 Å². The molecule has 0 amide bonds. The van der Waals surface area contributed by atoms with Gasteiger partial charge in [0.2, 0.25) is 0 Å². The molecule has 0 radical (unpaired) electrons. The lowest BCUT2D eigenvalue weighted by molar-refractivity contribution is 0.104. The average Bonchev–Trinajstić information content (AvgIpc) is 2.94. The molecule has 0 aliphatic rings. The summed E-state index contributed by atoms with van der Waals surface area (Å²) in [6, 6.07) is 7.31. The van der Waals surface area contributed by atoms with Crippen molar-refractivity contribution in [2.75, 3.05) is 0 Å². The van der Waals surface area contributed by atoms with Crippen LogP contribution in [0.4, 0.5) is 0 Å². The number of aromatic amines is 1. The van der Waals surface area contributed by atoms with Gasteiger partial charge in [-0.05, 0) is 34.1 Å². The molecular formula is C13H7BrClNOS. The maximum Gasteiger partial charge on any atom is 0.196 e. The Labute approximate surface area is 121 Å². The summed E-state index contributed by atoms with van der Waals surface area (Å²) in [5, 5.41) is 3.40. The van der Waals surface area contributed by atoms with Gasteiger partial charge in [0.05, 0.1) is 3.79 Å². The zero-order valence-corrected chi connectivity index (χ0v) is 12.2. The van der Waals surface area contributed by atoms with Gasteiger partial charge in [-0.1, -0.05) is 17.7 Å². The third kappa shape index (κ3) is 2.00. The first-order valence-electron chi connectivity index (χ1n) is 5.20. The molecule has 2 aromatic heterocycles. The van der Waals surface area contributed by atoms with Crippen molar-refractivity contribution in [1.29, 1.82) is 0 Å². The third-order valence-corrected chi connectivity index (χ3v) is 4.46. The second-order valence-corrected chi connectivity index (χ2v) is 6.59. The number of carbonyl (C=O) groups is 1. The lowest BCUT2D eigenvalue weighted by Crippen LogP contribution is -1.97. The minimum absolute atomic E-state index is 0.0190. The quantitative estimate of drug-likeness (QED) is 0.663. The zero-order chi connectivity index (χ0) is 12.7. The fraction of sp³-hybridized carbons (Fsp3) is 0. The number of carbonyl (C=O) groups excluding carboxylic acids is 1. The lowest BCUT2D eigenvalue weighted by atomic mass is 10.1. The van der Waals surface area contributed by atoms with Crippen LogP contribution >= 0.6 is 38.9 Å². The van der Waals surface area contributed by atoms with Gasteiger partial charge >= 0.3 is 0 Å². The van der Waals surface area contributed by atoms with Gasteiger partial charge in [0.1, 0.15) is 0 Å². The maximum absolute atomic E-state index is 12.4. The van der Waals surface area contributed by atoms with Crippen molar-refractivity contribution in [2.24, 2.45) is 0 Å². The van der Waals surface area contributed by atoms with Gasteiger partial charge in [-0.15, -0.1) is 11.3 Å². The number of aromatic nitrogens is 1. The van der Waals surface area contributed by atoms with Crippen LogP contribution in [-0.4, -0.2) is 10.8 Å². The van der Waals surface area contributed by atoms with Crippen LogP contribution in [0.3, 0.4) is 0 Å². The van der Waals surface area contributed by atoms with Crippen LogP contribution in [0.1, 0.15) is 15.9 Å². The molecule has 3 aromatic rings. The van der Waals surface area contributed by atoms with E-state index in [4.69, 9.17) is 11.6 Å². The monoisotopic (exact) mass is 339 g/mol. The van der Waals surface area contributed by atoms with Crippen molar-refractivity contribution >= 4 is 55.6 Å². The van der Waals surface area contributed by atoms with E-state index in [-0.39, 0.29) is 5.78 Å². The summed E-state index contributed by atoms with van der Waals surface area (Å²) < 4.78 is 0.953. The highest BCUT2D eigenvalue weighted by molar-refractivity contribution is 9.11. The van der Waals surface area contributed by atoms with Gasteiger partial charge in [0, 0.05) is 38.6 Å². The van der Waals surface area contributed by atoms with E-state index in [2.05, 4.69) is 20.9 Å². The SMILES string of the molecule is O=C(c1csc(Br)c1)c1c[nH]c2cc(Cl)ccc12. The smallest absolute Gasteiger partial charge is 0.196 e. The van der Waals surface area contributed by atoms with Crippen molar-refractivity contribution in [3.63, 3.8) is 0 Å². The highest BCUT2D eigenvalue weighted by atomic mass is 79.9. The zero-order valence-electron chi connectivity index (χ0n) is 9.04. The average molecular weight is 341 g/mol. The number of hydrogen-bond donors (Lipinski definition) is 1. The van der Waals surface area contributed by atoms with Gasteiger partial charge in [-0.3, -0.25) is 4.79 Å². The Morgan fingerprint density at radius 3 is 2.89 bits per heavy atom. The van der Waals surface area contributed by atoms with E-state index < -0.39 is 0 Å². The van der Waals surface area contributed by atoms with Crippen LogP contribution in [0.2, 0.25) is 5.02 Å². The van der Waals surface area contributed by atoms with Crippen molar-refractivity contribution < 1.29 is 4.79 Å². The maximum atomic E-state index is 12.4. The number of H-pyrrole nitrogens is 1. The van der Waals surface area contributed by atoms with Crippen LogP contribution in [0.5, 0.6) is 0 Å². The standard InChI is InChI=1S/C13H7BrClNOS/c14-12-3-7(6-18-12)13(17)10-5-16-11-4-8(15)1-2-9(10)11/h1-6,16H. The minimum atomic E-state index is 0.0190. The molecule has 2 heterocycles. The van der Waals surface area contributed by atoms with E-state index in [0.717, 1.165) is 14.7 Å². The summed E-state index contributed by atoms with van der Waals surface area (Å²) >= 11 is 10.8. The van der Waals surface area contributed by atoms with E-state index >= 15 is 0 Å². The molecule has 18 heavy (non-hydrogen) atoms. The predicted molar refractivity (Wildman–Crippen MR) is 78.8 cm³/mol. The van der Waals surface area contributed by atoms with Gasteiger partial charge in [-0.2, -0.15) is 0 Å². The fourth-order valence-corrected chi connectivity index (χ4v) is 3.18. The number of thiophene rings is 1. The van der Waals surface area contributed by atoms with E-state index in [9.17, 15) is 4.79 Å². The highest BCUT2D eigenvalue weighted by Crippen LogP contribution is 2.27. The Bertz CT molecular complexity index is 746. The molecule has 90 valence electrons. The Balaban J connectivity index is 2.12. The first-order valence-corrected chi connectivity index (χ1v) is 7.25. The van der Waals surface area contributed by atoms with Crippen molar-refractivity contribution in [3.05, 3.63) is 55.8 Å².